The van der Waals surface area contributed by atoms with Gasteiger partial charge in [0.1, 0.15) is 5.69 Å². The average molecular weight is 637 g/mol. The van der Waals surface area contributed by atoms with Crippen LogP contribution in [0.4, 0.5) is 5.69 Å². The molecule has 3 heterocycles. The monoisotopic (exact) mass is 636 g/mol. The topological polar surface area (TPSA) is 60.2 Å². The highest BCUT2D eigenvalue weighted by atomic mass is 16.6. The summed E-state index contributed by atoms with van der Waals surface area (Å²) in [5.74, 6) is -0.419. The number of rotatable bonds is 20. The number of unbranched alkanes of at least 4 members (excludes halogenated alkanes) is 11. The Balaban J connectivity index is 1.55. The van der Waals surface area contributed by atoms with E-state index in [4.69, 9.17) is 9.72 Å². The van der Waals surface area contributed by atoms with Gasteiger partial charge >= 0.3 is 5.97 Å². The van der Waals surface area contributed by atoms with Crippen molar-refractivity contribution in [3.63, 3.8) is 0 Å². The van der Waals surface area contributed by atoms with Gasteiger partial charge in [-0.25, -0.2) is 9.78 Å². The third kappa shape index (κ3) is 7.58. The molecule has 1 aliphatic heterocycles. The summed E-state index contributed by atoms with van der Waals surface area (Å²) in [4.78, 5) is 25.4. The number of para-hydroxylation sites is 1. The van der Waals surface area contributed by atoms with E-state index in [2.05, 4.69) is 90.7 Å². The second kappa shape index (κ2) is 16.9. The Bertz CT molecular complexity index is 1560. The first-order chi connectivity index (χ1) is 23.1. The Hall–Kier alpha value is -3.67. The van der Waals surface area contributed by atoms with E-state index in [0.717, 1.165) is 48.3 Å². The number of carbonyl (C=O) groups is 1. The minimum Gasteiger partial charge on any atom is -0.438 e. The number of hydrogen-bond donors (Lipinski definition) is 0. The second-order valence-electron chi connectivity index (χ2n) is 13.4. The number of fused-ring (bicyclic) bond motifs is 2. The van der Waals surface area contributed by atoms with Gasteiger partial charge in [0, 0.05) is 65.4 Å². The molecule has 4 aromatic rings. The van der Waals surface area contributed by atoms with Gasteiger partial charge in [0.25, 0.3) is 0 Å². The van der Waals surface area contributed by atoms with Crippen LogP contribution in [0.1, 0.15) is 144 Å². The zero-order valence-corrected chi connectivity index (χ0v) is 29.4. The van der Waals surface area contributed by atoms with E-state index >= 15 is 0 Å². The van der Waals surface area contributed by atoms with Gasteiger partial charge in [0.15, 0.2) is 5.69 Å². The van der Waals surface area contributed by atoms with Gasteiger partial charge in [0.2, 0.25) is 5.60 Å². The van der Waals surface area contributed by atoms with Gasteiger partial charge in [0.05, 0.1) is 0 Å². The molecule has 252 valence electrons. The average Bonchev–Trinajstić information content (AvgIpc) is 3.56. The van der Waals surface area contributed by atoms with Crippen molar-refractivity contribution in [2.45, 2.75) is 130 Å². The summed E-state index contributed by atoms with van der Waals surface area (Å²) in [7, 11) is 0. The standard InChI is InChI=1S/C41H56N4O2/c1-5-8-11-14-15-20-31-45-32(4)37(35-21-16-17-22-36(35)45)41(39-38(40(46)47-41)42-27-28-43-39)33-23-25-34(26-24-33)44(29-18-12-9-6-2)30-19-13-10-7-3/h16-17,21-28H,5-15,18-20,29-31H2,1-4H3. The van der Waals surface area contributed by atoms with Crippen LogP contribution in [0.5, 0.6) is 0 Å². The van der Waals surface area contributed by atoms with Crippen LogP contribution in [0.25, 0.3) is 10.9 Å². The SMILES string of the molecule is CCCCCCCCn1c(C)c(C2(c3ccc(N(CCCCCC)CCCCCC)cc3)OC(=O)c3nccnc32)c2ccccc21. The number of hydrogen-bond acceptors (Lipinski definition) is 5. The number of carbonyl (C=O) groups excluding carboxylic acids is 1. The summed E-state index contributed by atoms with van der Waals surface area (Å²) in [6.45, 7) is 12.0. The van der Waals surface area contributed by atoms with Gasteiger partial charge < -0.3 is 14.2 Å². The molecule has 5 rings (SSSR count). The number of ether oxygens (including phenoxy) is 1. The molecule has 1 aliphatic rings. The van der Waals surface area contributed by atoms with E-state index in [1.807, 2.05) is 0 Å². The predicted octanol–water partition coefficient (Wildman–Crippen LogP) is 10.5. The first kappa shape index (κ1) is 34.7. The summed E-state index contributed by atoms with van der Waals surface area (Å²) in [5.41, 5.74) is 5.13. The van der Waals surface area contributed by atoms with Crippen molar-refractivity contribution in [2.75, 3.05) is 18.0 Å². The maximum atomic E-state index is 13.6. The van der Waals surface area contributed by atoms with Crippen LogP contribution in [-0.4, -0.2) is 33.6 Å². The number of cyclic esters (lactones) is 1. The van der Waals surface area contributed by atoms with E-state index in [9.17, 15) is 4.79 Å². The molecule has 6 nitrogen and oxygen atoms in total. The maximum absolute atomic E-state index is 13.6. The molecule has 0 radical (unpaired) electrons. The molecule has 0 spiro atoms. The highest BCUT2D eigenvalue weighted by Crippen LogP contribution is 2.50. The van der Waals surface area contributed by atoms with E-state index < -0.39 is 11.6 Å². The van der Waals surface area contributed by atoms with E-state index in [1.165, 1.54) is 94.7 Å². The molecule has 0 aliphatic carbocycles. The Morgan fingerprint density at radius 3 is 2.00 bits per heavy atom. The molecular formula is C41H56N4O2. The fraction of sp³-hybridized carbons (Fsp3) is 0.537. The van der Waals surface area contributed by atoms with Crippen LogP contribution in [0.2, 0.25) is 0 Å². The number of aryl methyl sites for hydroxylation is 1. The third-order valence-electron chi connectivity index (χ3n) is 9.99. The van der Waals surface area contributed by atoms with Crippen LogP contribution >= 0.6 is 0 Å². The molecule has 2 aromatic heterocycles. The Morgan fingerprint density at radius 2 is 1.32 bits per heavy atom. The molecule has 2 aromatic carbocycles. The molecule has 1 unspecified atom stereocenters. The molecule has 0 N–H and O–H groups in total. The molecule has 6 heteroatoms. The molecule has 0 saturated carbocycles. The van der Waals surface area contributed by atoms with Crippen molar-refractivity contribution < 1.29 is 9.53 Å². The molecule has 1 atom stereocenters. The van der Waals surface area contributed by atoms with Crippen LogP contribution in [0.15, 0.2) is 60.9 Å². The highest BCUT2D eigenvalue weighted by molar-refractivity contribution is 5.96. The van der Waals surface area contributed by atoms with Crippen LogP contribution in [0.3, 0.4) is 0 Å². The van der Waals surface area contributed by atoms with Crippen LogP contribution in [0, 0.1) is 6.92 Å². The summed E-state index contributed by atoms with van der Waals surface area (Å²) < 4.78 is 8.98. The lowest BCUT2D eigenvalue weighted by molar-refractivity contribution is 0.0243. The highest BCUT2D eigenvalue weighted by Gasteiger charge is 2.53. The fourth-order valence-corrected chi connectivity index (χ4v) is 7.44. The van der Waals surface area contributed by atoms with Gasteiger partial charge in [-0.05, 0) is 44.4 Å². The minimum absolute atomic E-state index is 0.303. The van der Waals surface area contributed by atoms with Gasteiger partial charge in [-0.15, -0.1) is 0 Å². The van der Waals surface area contributed by atoms with E-state index in [0.29, 0.717) is 11.4 Å². The molecule has 0 fully saturated rings. The molecule has 0 saturated heterocycles. The molecule has 0 amide bonds. The summed E-state index contributed by atoms with van der Waals surface area (Å²) in [5, 5.41) is 1.10. The second-order valence-corrected chi connectivity index (χ2v) is 13.4. The lowest BCUT2D eigenvalue weighted by atomic mass is 9.81. The van der Waals surface area contributed by atoms with Gasteiger partial charge in [-0.1, -0.05) is 122 Å². The Kier molecular flexibility index (Phi) is 12.5. The van der Waals surface area contributed by atoms with Crippen molar-refractivity contribution in [3.8, 4) is 0 Å². The number of benzene rings is 2. The summed E-state index contributed by atoms with van der Waals surface area (Å²) >= 11 is 0. The largest absolute Gasteiger partial charge is 0.438 e. The summed E-state index contributed by atoms with van der Waals surface area (Å²) in [6.07, 6.45) is 20.7. The van der Waals surface area contributed by atoms with Gasteiger partial charge in [-0.3, -0.25) is 4.98 Å². The van der Waals surface area contributed by atoms with Gasteiger partial charge in [-0.2, -0.15) is 0 Å². The predicted molar refractivity (Wildman–Crippen MR) is 194 cm³/mol. The molecular weight excluding hydrogens is 580 g/mol. The van der Waals surface area contributed by atoms with Crippen molar-refractivity contribution in [2.24, 2.45) is 0 Å². The number of esters is 1. The van der Waals surface area contributed by atoms with Crippen molar-refractivity contribution >= 4 is 22.6 Å². The third-order valence-corrected chi connectivity index (χ3v) is 9.99. The molecule has 0 bridgehead atoms. The molecule has 47 heavy (non-hydrogen) atoms. The first-order valence-corrected chi connectivity index (χ1v) is 18.5. The Labute approximate surface area is 283 Å². The number of anilines is 1. The maximum Gasteiger partial charge on any atom is 0.360 e. The smallest absolute Gasteiger partial charge is 0.360 e. The van der Waals surface area contributed by atoms with E-state index in [-0.39, 0.29) is 0 Å². The normalized spacial score (nSPS) is 15.7. The number of nitrogens with zero attached hydrogens (tertiary/aromatic N) is 4. The zero-order valence-electron chi connectivity index (χ0n) is 29.4. The Morgan fingerprint density at radius 1 is 0.723 bits per heavy atom. The quantitative estimate of drug-likeness (QED) is 0.0713. The fourth-order valence-electron chi connectivity index (χ4n) is 7.44. The van der Waals surface area contributed by atoms with Crippen molar-refractivity contribution in [3.05, 3.63) is 89.1 Å². The number of aromatic nitrogens is 3. The lowest BCUT2D eigenvalue weighted by Crippen LogP contribution is -2.32. The van der Waals surface area contributed by atoms with Crippen LogP contribution < -0.4 is 4.90 Å². The lowest BCUT2D eigenvalue weighted by Gasteiger charge is -2.31. The van der Waals surface area contributed by atoms with Crippen molar-refractivity contribution in [1.82, 2.24) is 14.5 Å². The first-order valence-electron chi connectivity index (χ1n) is 18.5. The van der Waals surface area contributed by atoms with Crippen molar-refractivity contribution in [1.29, 1.82) is 0 Å². The minimum atomic E-state index is -1.18. The zero-order chi connectivity index (χ0) is 33.1. The van der Waals surface area contributed by atoms with E-state index in [1.54, 1.807) is 12.4 Å². The van der Waals surface area contributed by atoms with Crippen LogP contribution in [-0.2, 0) is 16.9 Å². The summed E-state index contributed by atoms with van der Waals surface area (Å²) in [6, 6.07) is 17.3.